The standard InChI is InChI=1S/C16H26ClNO2/c1-5-7-8-14(18-9-6-2)12-10-15(19-3)16(20-4)11-13(12)17/h10-11,14,18H,5-9H2,1-4H3. The molecule has 0 spiro atoms. The molecule has 0 saturated heterocycles. The van der Waals surface area contributed by atoms with Gasteiger partial charge in [-0.05, 0) is 31.0 Å². The van der Waals surface area contributed by atoms with Crippen LogP contribution >= 0.6 is 11.6 Å². The minimum atomic E-state index is 0.266. The molecule has 0 saturated carbocycles. The summed E-state index contributed by atoms with van der Waals surface area (Å²) in [5.41, 5.74) is 1.09. The van der Waals surface area contributed by atoms with Crippen LogP contribution < -0.4 is 14.8 Å². The molecule has 0 aliphatic carbocycles. The van der Waals surface area contributed by atoms with Crippen LogP contribution in [0.25, 0.3) is 0 Å². The molecule has 0 fully saturated rings. The molecule has 4 heteroatoms. The van der Waals surface area contributed by atoms with Crippen molar-refractivity contribution in [2.24, 2.45) is 0 Å². The van der Waals surface area contributed by atoms with Crippen LogP contribution in [0.5, 0.6) is 11.5 Å². The van der Waals surface area contributed by atoms with Crippen molar-refractivity contribution in [3.05, 3.63) is 22.7 Å². The Morgan fingerprint density at radius 3 is 2.30 bits per heavy atom. The Bertz CT molecular complexity index is 402. The van der Waals surface area contributed by atoms with Gasteiger partial charge in [0.1, 0.15) is 0 Å². The Labute approximate surface area is 127 Å². The Kier molecular flexibility index (Phi) is 7.78. The van der Waals surface area contributed by atoms with Crippen LogP contribution in [0.2, 0.25) is 5.02 Å². The van der Waals surface area contributed by atoms with E-state index in [4.69, 9.17) is 21.1 Å². The predicted octanol–water partition coefficient (Wildman–Crippen LogP) is 4.59. The van der Waals surface area contributed by atoms with Crippen LogP contribution in [0.3, 0.4) is 0 Å². The van der Waals surface area contributed by atoms with Crippen molar-refractivity contribution in [3.8, 4) is 11.5 Å². The molecule has 20 heavy (non-hydrogen) atoms. The molecule has 0 aliphatic heterocycles. The van der Waals surface area contributed by atoms with Gasteiger partial charge >= 0.3 is 0 Å². The quantitative estimate of drug-likeness (QED) is 0.723. The number of methoxy groups -OCH3 is 2. The van der Waals surface area contributed by atoms with Crippen LogP contribution in [0.4, 0.5) is 0 Å². The topological polar surface area (TPSA) is 30.5 Å². The highest BCUT2D eigenvalue weighted by molar-refractivity contribution is 6.31. The van der Waals surface area contributed by atoms with Gasteiger partial charge in [0, 0.05) is 17.1 Å². The fourth-order valence-corrected chi connectivity index (χ4v) is 2.52. The van der Waals surface area contributed by atoms with E-state index >= 15 is 0 Å². The lowest BCUT2D eigenvalue weighted by atomic mass is 10.00. The van der Waals surface area contributed by atoms with Crippen molar-refractivity contribution in [1.82, 2.24) is 5.32 Å². The highest BCUT2D eigenvalue weighted by Crippen LogP contribution is 2.37. The number of rotatable bonds is 9. The largest absolute Gasteiger partial charge is 0.493 e. The summed E-state index contributed by atoms with van der Waals surface area (Å²) in [6.07, 6.45) is 4.53. The number of benzene rings is 1. The second-order valence-electron chi connectivity index (χ2n) is 4.88. The van der Waals surface area contributed by atoms with Gasteiger partial charge in [-0.1, -0.05) is 38.3 Å². The normalized spacial score (nSPS) is 12.2. The third kappa shape index (κ3) is 4.57. The second-order valence-corrected chi connectivity index (χ2v) is 5.28. The smallest absolute Gasteiger partial charge is 0.162 e. The molecule has 114 valence electrons. The number of nitrogens with one attached hydrogen (secondary N) is 1. The number of hydrogen-bond donors (Lipinski definition) is 1. The molecule has 0 amide bonds. The summed E-state index contributed by atoms with van der Waals surface area (Å²) in [6, 6.07) is 4.09. The molecule has 3 nitrogen and oxygen atoms in total. The zero-order valence-corrected chi connectivity index (χ0v) is 13.7. The molecule has 1 aromatic carbocycles. The molecule has 0 aromatic heterocycles. The lowest BCUT2D eigenvalue weighted by Crippen LogP contribution is -2.22. The zero-order valence-electron chi connectivity index (χ0n) is 13.0. The average molecular weight is 300 g/mol. The SMILES string of the molecule is CCCCC(NCCC)c1cc(OC)c(OC)cc1Cl. The van der Waals surface area contributed by atoms with Crippen molar-refractivity contribution in [2.75, 3.05) is 20.8 Å². The first-order valence-electron chi connectivity index (χ1n) is 7.32. The van der Waals surface area contributed by atoms with Crippen molar-refractivity contribution in [3.63, 3.8) is 0 Å². The number of unbranched alkanes of at least 4 members (excludes halogenated alkanes) is 1. The first kappa shape index (κ1) is 17.1. The van der Waals surface area contributed by atoms with Crippen LogP contribution in [-0.2, 0) is 0 Å². The van der Waals surface area contributed by atoms with Crippen LogP contribution in [-0.4, -0.2) is 20.8 Å². The Hall–Kier alpha value is -0.930. The number of ether oxygens (including phenoxy) is 2. The third-order valence-corrected chi connectivity index (χ3v) is 3.69. The summed E-state index contributed by atoms with van der Waals surface area (Å²) >= 11 is 6.41. The van der Waals surface area contributed by atoms with Gasteiger partial charge in [-0.15, -0.1) is 0 Å². The highest BCUT2D eigenvalue weighted by Gasteiger charge is 2.17. The fraction of sp³-hybridized carbons (Fsp3) is 0.625. The number of hydrogen-bond acceptors (Lipinski definition) is 3. The lowest BCUT2D eigenvalue weighted by molar-refractivity contribution is 0.353. The molecular weight excluding hydrogens is 274 g/mol. The Morgan fingerprint density at radius 1 is 1.10 bits per heavy atom. The fourth-order valence-electron chi connectivity index (χ4n) is 2.23. The molecule has 0 heterocycles. The molecule has 1 aromatic rings. The first-order chi connectivity index (χ1) is 9.67. The zero-order chi connectivity index (χ0) is 15.0. The van der Waals surface area contributed by atoms with E-state index in [1.165, 1.54) is 12.8 Å². The highest BCUT2D eigenvalue weighted by atomic mass is 35.5. The van der Waals surface area contributed by atoms with Crippen LogP contribution in [0.15, 0.2) is 12.1 Å². The van der Waals surface area contributed by atoms with Gasteiger partial charge in [-0.2, -0.15) is 0 Å². The van der Waals surface area contributed by atoms with E-state index < -0.39 is 0 Å². The van der Waals surface area contributed by atoms with Crippen molar-refractivity contribution in [1.29, 1.82) is 0 Å². The Morgan fingerprint density at radius 2 is 1.75 bits per heavy atom. The molecule has 0 radical (unpaired) electrons. The third-order valence-electron chi connectivity index (χ3n) is 3.37. The first-order valence-corrected chi connectivity index (χ1v) is 7.70. The van der Waals surface area contributed by atoms with Crippen molar-refractivity contribution >= 4 is 11.6 Å². The molecule has 0 bridgehead atoms. The monoisotopic (exact) mass is 299 g/mol. The lowest BCUT2D eigenvalue weighted by Gasteiger charge is -2.21. The molecule has 1 atom stereocenters. The van der Waals surface area contributed by atoms with Gasteiger partial charge in [-0.3, -0.25) is 0 Å². The predicted molar refractivity (Wildman–Crippen MR) is 85.1 cm³/mol. The van der Waals surface area contributed by atoms with E-state index in [0.717, 1.165) is 35.7 Å². The molecular formula is C16H26ClNO2. The van der Waals surface area contributed by atoms with Gasteiger partial charge in [-0.25, -0.2) is 0 Å². The molecule has 1 rings (SSSR count). The maximum absolute atomic E-state index is 6.41. The van der Waals surface area contributed by atoms with Crippen LogP contribution in [0, 0.1) is 0 Å². The summed E-state index contributed by atoms with van der Waals surface area (Å²) in [5.74, 6) is 1.40. The number of halogens is 1. The summed E-state index contributed by atoms with van der Waals surface area (Å²) < 4.78 is 10.7. The van der Waals surface area contributed by atoms with E-state index in [9.17, 15) is 0 Å². The summed E-state index contributed by atoms with van der Waals surface area (Å²) in [5, 5.41) is 4.30. The van der Waals surface area contributed by atoms with Gasteiger partial charge in [0.15, 0.2) is 11.5 Å². The van der Waals surface area contributed by atoms with E-state index in [2.05, 4.69) is 19.2 Å². The Balaban J connectivity index is 3.04. The van der Waals surface area contributed by atoms with Gasteiger partial charge in [0.05, 0.1) is 14.2 Å². The van der Waals surface area contributed by atoms with Crippen molar-refractivity contribution in [2.45, 2.75) is 45.6 Å². The summed E-state index contributed by atoms with van der Waals surface area (Å²) in [7, 11) is 3.27. The van der Waals surface area contributed by atoms with Crippen LogP contribution in [0.1, 0.15) is 51.1 Å². The van der Waals surface area contributed by atoms with E-state index in [0.29, 0.717) is 5.75 Å². The minimum Gasteiger partial charge on any atom is -0.493 e. The maximum atomic E-state index is 6.41. The van der Waals surface area contributed by atoms with Gasteiger partial charge in [0.2, 0.25) is 0 Å². The summed E-state index contributed by atoms with van der Waals surface area (Å²) in [6.45, 7) is 5.35. The second kappa shape index (κ2) is 9.09. The van der Waals surface area contributed by atoms with Crippen molar-refractivity contribution < 1.29 is 9.47 Å². The van der Waals surface area contributed by atoms with Gasteiger partial charge < -0.3 is 14.8 Å². The van der Waals surface area contributed by atoms with E-state index in [1.54, 1.807) is 14.2 Å². The maximum Gasteiger partial charge on any atom is 0.162 e. The minimum absolute atomic E-state index is 0.266. The average Bonchev–Trinajstić information content (AvgIpc) is 2.47. The van der Waals surface area contributed by atoms with E-state index in [1.807, 2.05) is 12.1 Å². The van der Waals surface area contributed by atoms with E-state index in [-0.39, 0.29) is 6.04 Å². The van der Waals surface area contributed by atoms with Gasteiger partial charge in [0.25, 0.3) is 0 Å². The molecule has 0 aliphatic rings. The summed E-state index contributed by atoms with van der Waals surface area (Å²) in [4.78, 5) is 0. The molecule has 1 unspecified atom stereocenters. The molecule has 1 N–H and O–H groups in total.